The number of nitrogens with one attached hydrogen (secondary N) is 1. The summed E-state index contributed by atoms with van der Waals surface area (Å²) in [4.78, 5) is 4.25. The fourth-order valence-corrected chi connectivity index (χ4v) is 2.17. The molecular weight excluding hydrogens is 210 g/mol. The van der Waals surface area contributed by atoms with E-state index in [0.717, 1.165) is 18.9 Å². The van der Waals surface area contributed by atoms with Gasteiger partial charge in [0.15, 0.2) is 0 Å². The molecule has 1 heterocycles. The summed E-state index contributed by atoms with van der Waals surface area (Å²) in [6.45, 7) is 4.23. The molecule has 0 aromatic carbocycles. The van der Waals surface area contributed by atoms with E-state index >= 15 is 0 Å². The first-order valence-corrected chi connectivity index (χ1v) is 5.85. The molecule has 1 aliphatic rings. The largest absolute Gasteiger partial charge is 0.321 e. The van der Waals surface area contributed by atoms with Crippen molar-refractivity contribution in [3.8, 4) is 0 Å². The maximum atomic E-state index is 5.91. The maximum Gasteiger partial charge on any atom is 0.128 e. The van der Waals surface area contributed by atoms with Crippen molar-refractivity contribution in [3.63, 3.8) is 0 Å². The van der Waals surface area contributed by atoms with E-state index < -0.39 is 0 Å². The standard InChI is InChI=1S/C11H18ClN3/c1-11(4-3-5-11)8-13-7-10-14-6-9(12)15(10)2/h6,13H,3-5,7-8H2,1-2H3. The van der Waals surface area contributed by atoms with Gasteiger partial charge in [-0.1, -0.05) is 24.9 Å². The highest BCUT2D eigenvalue weighted by Gasteiger charge is 2.30. The number of aromatic nitrogens is 2. The molecule has 0 radical (unpaired) electrons. The number of hydrogen-bond acceptors (Lipinski definition) is 2. The van der Waals surface area contributed by atoms with E-state index in [1.165, 1.54) is 19.3 Å². The summed E-state index contributed by atoms with van der Waals surface area (Å²) in [6.07, 6.45) is 5.78. The van der Waals surface area contributed by atoms with E-state index in [0.29, 0.717) is 10.6 Å². The minimum Gasteiger partial charge on any atom is -0.321 e. The molecule has 0 atom stereocenters. The molecule has 0 aliphatic heterocycles. The topological polar surface area (TPSA) is 29.9 Å². The molecular formula is C11H18ClN3. The van der Waals surface area contributed by atoms with Crippen LogP contribution in [0.1, 0.15) is 32.0 Å². The van der Waals surface area contributed by atoms with Crippen molar-refractivity contribution in [2.24, 2.45) is 12.5 Å². The number of hydrogen-bond donors (Lipinski definition) is 1. The molecule has 0 unspecified atom stereocenters. The van der Waals surface area contributed by atoms with Crippen LogP contribution >= 0.6 is 11.6 Å². The molecule has 1 saturated carbocycles. The van der Waals surface area contributed by atoms with Crippen LogP contribution < -0.4 is 5.32 Å². The summed E-state index contributed by atoms with van der Waals surface area (Å²) >= 11 is 5.91. The van der Waals surface area contributed by atoms with Gasteiger partial charge < -0.3 is 9.88 Å². The zero-order chi connectivity index (χ0) is 10.9. The molecule has 1 aliphatic carbocycles. The lowest BCUT2D eigenvalue weighted by atomic mass is 9.70. The van der Waals surface area contributed by atoms with Gasteiger partial charge in [0.2, 0.25) is 0 Å². The van der Waals surface area contributed by atoms with Gasteiger partial charge in [-0.2, -0.15) is 0 Å². The van der Waals surface area contributed by atoms with Crippen molar-refractivity contribution < 1.29 is 0 Å². The van der Waals surface area contributed by atoms with Gasteiger partial charge in [0.1, 0.15) is 11.0 Å². The summed E-state index contributed by atoms with van der Waals surface area (Å²) in [7, 11) is 1.94. The second-order valence-electron chi connectivity index (χ2n) is 4.82. The first-order valence-electron chi connectivity index (χ1n) is 5.48. The van der Waals surface area contributed by atoms with Crippen LogP contribution in [0, 0.1) is 5.41 Å². The maximum absolute atomic E-state index is 5.91. The van der Waals surface area contributed by atoms with Crippen molar-refractivity contribution in [1.82, 2.24) is 14.9 Å². The van der Waals surface area contributed by atoms with Crippen LogP contribution in [0.4, 0.5) is 0 Å². The highest BCUT2D eigenvalue weighted by molar-refractivity contribution is 6.29. The molecule has 2 rings (SSSR count). The SMILES string of the molecule is Cn1c(Cl)cnc1CNCC1(C)CCC1. The van der Waals surface area contributed by atoms with E-state index in [1.54, 1.807) is 6.20 Å². The van der Waals surface area contributed by atoms with Crippen LogP contribution in [-0.2, 0) is 13.6 Å². The van der Waals surface area contributed by atoms with Gasteiger partial charge in [0.05, 0.1) is 12.7 Å². The lowest BCUT2D eigenvalue weighted by Crippen LogP contribution is -2.37. The van der Waals surface area contributed by atoms with Gasteiger partial charge in [-0.05, 0) is 18.3 Å². The summed E-state index contributed by atoms with van der Waals surface area (Å²) in [5.74, 6) is 1.00. The number of nitrogens with zero attached hydrogens (tertiary/aromatic N) is 2. The molecule has 4 heteroatoms. The summed E-state index contributed by atoms with van der Waals surface area (Å²) in [5, 5.41) is 4.15. The molecule has 0 saturated heterocycles. The van der Waals surface area contributed by atoms with Gasteiger partial charge in [-0.25, -0.2) is 4.98 Å². The predicted octanol–water partition coefficient (Wildman–Crippen LogP) is 2.35. The quantitative estimate of drug-likeness (QED) is 0.856. The number of halogens is 1. The van der Waals surface area contributed by atoms with Crippen LogP contribution in [0.25, 0.3) is 0 Å². The lowest BCUT2D eigenvalue weighted by Gasteiger charge is -2.38. The van der Waals surface area contributed by atoms with Gasteiger partial charge in [-0.3, -0.25) is 0 Å². The molecule has 0 amide bonds. The van der Waals surface area contributed by atoms with Crippen molar-refractivity contribution in [2.45, 2.75) is 32.7 Å². The van der Waals surface area contributed by atoms with Gasteiger partial charge in [0.25, 0.3) is 0 Å². The monoisotopic (exact) mass is 227 g/mol. The van der Waals surface area contributed by atoms with Crippen LogP contribution in [-0.4, -0.2) is 16.1 Å². The van der Waals surface area contributed by atoms with Gasteiger partial charge in [0, 0.05) is 13.6 Å². The Morgan fingerprint density at radius 3 is 2.80 bits per heavy atom. The van der Waals surface area contributed by atoms with Crippen LogP contribution in [0.15, 0.2) is 6.20 Å². The highest BCUT2D eigenvalue weighted by Crippen LogP contribution is 2.39. The van der Waals surface area contributed by atoms with E-state index in [1.807, 2.05) is 11.6 Å². The van der Waals surface area contributed by atoms with Crippen LogP contribution in [0.5, 0.6) is 0 Å². The molecule has 0 bridgehead atoms. The number of rotatable bonds is 4. The molecule has 1 aromatic rings. The van der Waals surface area contributed by atoms with Crippen LogP contribution in [0.3, 0.4) is 0 Å². The first kappa shape index (κ1) is 11.0. The van der Waals surface area contributed by atoms with Crippen LogP contribution in [0.2, 0.25) is 5.15 Å². The highest BCUT2D eigenvalue weighted by atomic mass is 35.5. The number of imidazole rings is 1. The zero-order valence-corrected chi connectivity index (χ0v) is 10.1. The fourth-order valence-electron chi connectivity index (χ4n) is 2.02. The smallest absolute Gasteiger partial charge is 0.128 e. The Kier molecular flexibility index (Phi) is 3.03. The van der Waals surface area contributed by atoms with Crippen molar-refractivity contribution in [2.75, 3.05) is 6.54 Å². The van der Waals surface area contributed by atoms with Crippen molar-refractivity contribution in [3.05, 3.63) is 17.2 Å². The van der Waals surface area contributed by atoms with Gasteiger partial charge in [-0.15, -0.1) is 0 Å². The molecule has 84 valence electrons. The van der Waals surface area contributed by atoms with E-state index in [9.17, 15) is 0 Å². The van der Waals surface area contributed by atoms with E-state index in [2.05, 4.69) is 17.2 Å². The average Bonchev–Trinajstić information content (AvgIpc) is 2.47. The Hall–Kier alpha value is -0.540. The Bertz CT molecular complexity index is 342. The first-order chi connectivity index (χ1) is 7.11. The zero-order valence-electron chi connectivity index (χ0n) is 9.39. The molecule has 15 heavy (non-hydrogen) atoms. The molecule has 1 N–H and O–H groups in total. The summed E-state index contributed by atoms with van der Waals surface area (Å²) in [5.41, 5.74) is 0.523. The Morgan fingerprint density at radius 2 is 2.33 bits per heavy atom. The third kappa shape index (κ3) is 2.34. The second-order valence-corrected chi connectivity index (χ2v) is 5.21. The Morgan fingerprint density at radius 1 is 1.60 bits per heavy atom. The van der Waals surface area contributed by atoms with Crippen molar-refractivity contribution >= 4 is 11.6 Å². The molecule has 1 fully saturated rings. The minimum atomic E-state index is 0.523. The minimum absolute atomic E-state index is 0.523. The van der Waals surface area contributed by atoms with Gasteiger partial charge >= 0.3 is 0 Å². The fraction of sp³-hybridized carbons (Fsp3) is 0.727. The third-order valence-corrected chi connectivity index (χ3v) is 3.77. The average molecular weight is 228 g/mol. The summed E-state index contributed by atoms with van der Waals surface area (Å²) in [6, 6.07) is 0. The Labute approximate surface area is 95.8 Å². The summed E-state index contributed by atoms with van der Waals surface area (Å²) < 4.78 is 1.91. The van der Waals surface area contributed by atoms with E-state index in [-0.39, 0.29) is 0 Å². The molecule has 3 nitrogen and oxygen atoms in total. The second kappa shape index (κ2) is 4.14. The molecule has 1 aromatic heterocycles. The van der Waals surface area contributed by atoms with Crippen molar-refractivity contribution in [1.29, 1.82) is 0 Å². The van der Waals surface area contributed by atoms with E-state index in [4.69, 9.17) is 11.6 Å². The molecule has 0 spiro atoms. The normalized spacial score (nSPS) is 18.9. The predicted molar refractivity (Wildman–Crippen MR) is 61.9 cm³/mol. The lowest BCUT2D eigenvalue weighted by molar-refractivity contribution is 0.156. The third-order valence-electron chi connectivity index (χ3n) is 3.42. The Balaban J connectivity index is 1.81.